The number of benzene rings is 2. The van der Waals surface area contributed by atoms with Crippen LogP contribution in [-0.4, -0.2) is 38.9 Å². The summed E-state index contributed by atoms with van der Waals surface area (Å²) < 4.78 is 1.85. The smallest absolute Gasteiger partial charge is 0.234 e. The van der Waals surface area contributed by atoms with Gasteiger partial charge in [-0.1, -0.05) is 29.5 Å². The predicted octanol–water partition coefficient (Wildman–Crippen LogP) is 3.99. The fourth-order valence-corrected chi connectivity index (χ4v) is 4.11. The molecule has 5 aromatic rings. The van der Waals surface area contributed by atoms with Gasteiger partial charge >= 0.3 is 0 Å². The SMILES string of the molecule is CN(C)c1ccc(-c2nnc3sc(Cc4c[nH]c5ccccc45)nn23)cc1. The minimum atomic E-state index is 0.775. The van der Waals surface area contributed by atoms with Crippen LogP contribution in [-0.2, 0) is 6.42 Å². The molecule has 0 atom stereocenters. The van der Waals surface area contributed by atoms with Gasteiger partial charge in [0.05, 0.1) is 0 Å². The van der Waals surface area contributed by atoms with Crippen molar-refractivity contribution in [1.82, 2.24) is 24.8 Å². The molecule has 0 saturated heterocycles. The quantitative estimate of drug-likeness (QED) is 0.517. The summed E-state index contributed by atoms with van der Waals surface area (Å²) in [5.41, 5.74) is 4.56. The normalized spacial score (nSPS) is 11.5. The average Bonchev–Trinajstić information content (AvgIpc) is 3.37. The van der Waals surface area contributed by atoms with E-state index in [9.17, 15) is 0 Å². The highest BCUT2D eigenvalue weighted by atomic mass is 32.1. The third-order valence-electron chi connectivity index (χ3n) is 4.69. The summed E-state index contributed by atoms with van der Waals surface area (Å²) in [6.07, 6.45) is 2.84. The van der Waals surface area contributed by atoms with Gasteiger partial charge in [-0.25, -0.2) is 0 Å². The van der Waals surface area contributed by atoms with E-state index in [1.165, 1.54) is 10.9 Å². The van der Waals surface area contributed by atoms with Crippen molar-refractivity contribution < 1.29 is 0 Å². The molecule has 0 spiro atoms. The Morgan fingerprint density at radius 3 is 2.67 bits per heavy atom. The van der Waals surface area contributed by atoms with Crippen molar-refractivity contribution >= 4 is 32.9 Å². The molecule has 0 aliphatic rings. The van der Waals surface area contributed by atoms with Gasteiger partial charge in [0.2, 0.25) is 4.96 Å². The number of H-pyrrole nitrogens is 1. The zero-order valence-electron chi connectivity index (χ0n) is 15.0. The van der Waals surface area contributed by atoms with Gasteiger partial charge in [0, 0.05) is 48.9 Å². The molecule has 1 N–H and O–H groups in total. The molecule has 0 amide bonds. The topological polar surface area (TPSA) is 62.1 Å². The Bertz CT molecular complexity index is 1230. The van der Waals surface area contributed by atoms with Gasteiger partial charge in [-0.3, -0.25) is 0 Å². The Morgan fingerprint density at radius 2 is 1.85 bits per heavy atom. The van der Waals surface area contributed by atoms with E-state index in [0.717, 1.165) is 39.0 Å². The summed E-state index contributed by atoms with van der Waals surface area (Å²) in [7, 11) is 4.06. The molecule has 2 aromatic carbocycles. The van der Waals surface area contributed by atoms with Crippen LogP contribution in [0.1, 0.15) is 10.6 Å². The van der Waals surface area contributed by atoms with Crippen LogP contribution in [0, 0.1) is 0 Å². The van der Waals surface area contributed by atoms with Crippen LogP contribution in [0.5, 0.6) is 0 Å². The second-order valence-electron chi connectivity index (χ2n) is 6.69. The molecule has 27 heavy (non-hydrogen) atoms. The molecule has 0 radical (unpaired) electrons. The maximum atomic E-state index is 4.77. The summed E-state index contributed by atoms with van der Waals surface area (Å²) >= 11 is 1.58. The number of hydrogen-bond donors (Lipinski definition) is 1. The highest BCUT2D eigenvalue weighted by Gasteiger charge is 2.15. The number of rotatable bonds is 4. The molecule has 134 valence electrons. The van der Waals surface area contributed by atoms with Crippen LogP contribution in [0.4, 0.5) is 5.69 Å². The van der Waals surface area contributed by atoms with Gasteiger partial charge in [0.25, 0.3) is 0 Å². The zero-order valence-corrected chi connectivity index (χ0v) is 15.9. The first kappa shape index (κ1) is 16.0. The number of nitrogens with one attached hydrogen (secondary N) is 1. The van der Waals surface area contributed by atoms with E-state index in [1.807, 2.05) is 24.7 Å². The van der Waals surface area contributed by atoms with Crippen molar-refractivity contribution in [3.63, 3.8) is 0 Å². The van der Waals surface area contributed by atoms with Crippen LogP contribution >= 0.6 is 11.3 Å². The van der Waals surface area contributed by atoms with Gasteiger partial charge in [-0.2, -0.15) is 9.61 Å². The molecule has 0 bridgehead atoms. The number of aromatic nitrogens is 5. The molecule has 7 heteroatoms. The van der Waals surface area contributed by atoms with E-state index < -0.39 is 0 Å². The van der Waals surface area contributed by atoms with Gasteiger partial charge in [-0.05, 0) is 35.9 Å². The molecule has 0 aliphatic carbocycles. The van der Waals surface area contributed by atoms with Gasteiger partial charge in [0.15, 0.2) is 5.82 Å². The molecular formula is C20H18N6S. The van der Waals surface area contributed by atoms with Gasteiger partial charge in [0.1, 0.15) is 5.01 Å². The van der Waals surface area contributed by atoms with E-state index >= 15 is 0 Å². The van der Waals surface area contributed by atoms with Crippen molar-refractivity contribution in [2.75, 3.05) is 19.0 Å². The van der Waals surface area contributed by atoms with Crippen molar-refractivity contribution in [1.29, 1.82) is 0 Å². The van der Waals surface area contributed by atoms with E-state index in [0.29, 0.717) is 0 Å². The zero-order chi connectivity index (χ0) is 18.4. The van der Waals surface area contributed by atoms with Crippen LogP contribution in [0.3, 0.4) is 0 Å². The van der Waals surface area contributed by atoms with Crippen molar-refractivity contribution in [3.05, 3.63) is 65.3 Å². The number of nitrogens with zero attached hydrogens (tertiary/aromatic N) is 5. The summed E-state index contributed by atoms with van der Waals surface area (Å²) in [6, 6.07) is 16.6. The first-order valence-corrected chi connectivity index (χ1v) is 9.54. The van der Waals surface area contributed by atoms with Crippen LogP contribution in [0.25, 0.3) is 27.3 Å². The summed E-state index contributed by atoms with van der Waals surface area (Å²) in [6.45, 7) is 0. The molecule has 0 saturated carbocycles. The molecule has 0 aliphatic heterocycles. The predicted molar refractivity (Wildman–Crippen MR) is 110 cm³/mol. The summed E-state index contributed by atoms with van der Waals surface area (Å²) in [4.78, 5) is 6.22. The Kier molecular flexibility index (Phi) is 3.68. The molecular weight excluding hydrogens is 356 g/mol. The number of fused-ring (bicyclic) bond motifs is 2. The maximum absolute atomic E-state index is 4.77. The lowest BCUT2D eigenvalue weighted by Gasteiger charge is -2.11. The number of aromatic amines is 1. The van der Waals surface area contributed by atoms with E-state index in [4.69, 9.17) is 5.10 Å². The fourth-order valence-electron chi connectivity index (χ4n) is 3.26. The highest BCUT2D eigenvalue weighted by Crippen LogP contribution is 2.26. The number of hydrogen-bond acceptors (Lipinski definition) is 5. The minimum absolute atomic E-state index is 0.775. The van der Waals surface area contributed by atoms with Crippen LogP contribution in [0.15, 0.2) is 54.7 Å². The van der Waals surface area contributed by atoms with Crippen LogP contribution in [0.2, 0.25) is 0 Å². The average molecular weight is 374 g/mol. The van der Waals surface area contributed by atoms with Crippen molar-refractivity contribution in [2.24, 2.45) is 0 Å². The number of para-hydroxylation sites is 1. The van der Waals surface area contributed by atoms with Gasteiger partial charge < -0.3 is 9.88 Å². The lowest BCUT2D eigenvalue weighted by atomic mass is 10.1. The first-order valence-electron chi connectivity index (χ1n) is 8.73. The summed E-state index contributed by atoms with van der Waals surface area (Å²) in [5, 5.41) is 15.7. The summed E-state index contributed by atoms with van der Waals surface area (Å²) in [5.74, 6) is 0.775. The Labute approximate surface area is 160 Å². The van der Waals surface area contributed by atoms with E-state index in [-0.39, 0.29) is 0 Å². The van der Waals surface area contributed by atoms with Crippen molar-refractivity contribution in [2.45, 2.75) is 6.42 Å². The minimum Gasteiger partial charge on any atom is -0.378 e. The second-order valence-corrected chi connectivity index (χ2v) is 7.73. The standard InChI is InChI=1S/C20H18N6S/c1-25(2)15-9-7-13(8-10-15)19-22-23-20-26(19)24-18(27-20)11-14-12-21-17-6-4-3-5-16(14)17/h3-10,12,21H,11H2,1-2H3. The molecule has 3 heterocycles. The lowest BCUT2D eigenvalue weighted by molar-refractivity contribution is 0.919. The fraction of sp³-hybridized carbons (Fsp3) is 0.150. The lowest BCUT2D eigenvalue weighted by Crippen LogP contribution is -2.08. The Balaban J connectivity index is 1.49. The van der Waals surface area contributed by atoms with Crippen molar-refractivity contribution in [3.8, 4) is 11.4 Å². The molecule has 0 unspecified atom stereocenters. The van der Waals surface area contributed by atoms with Gasteiger partial charge in [-0.15, -0.1) is 10.2 Å². The molecule has 6 nitrogen and oxygen atoms in total. The molecule has 5 rings (SSSR count). The first-order chi connectivity index (χ1) is 13.2. The highest BCUT2D eigenvalue weighted by molar-refractivity contribution is 7.16. The second kappa shape index (κ2) is 6.21. The van der Waals surface area contributed by atoms with Crippen LogP contribution < -0.4 is 4.90 Å². The Hall–Kier alpha value is -3.19. The van der Waals surface area contributed by atoms with E-state index in [2.05, 4.69) is 68.7 Å². The maximum Gasteiger partial charge on any atom is 0.234 e. The number of anilines is 1. The van der Waals surface area contributed by atoms with E-state index in [1.54, 1.807) is 11.3 Å². The Morgan fingerprint density at radius 1 is 1.04 bits per heavy atom. The molecule has 3 aromatic heterocycles. The molecule has 0 fully saturated rings. The largest absolute Gasteiger partial charge is 0.378 e. The monoisotopic (exact) mass is 374 g/mol. The third-order valence-corrected chi connectivity index (χ3v) is 5.59. The third kappa shape index (κ3) is 2.76.